The molecule has 1 aromatic carbocycles. The molecule has 3 amide bonds. The zero-order valence-electron chi connectivity index (χ0n) is 18.0. The Labute approximate surface area is 183 Å². The lowest BCUT2D eigenvalue weighted by molar-refractivity contribution is -0.146. The van der Waals surface area contributed by atoms with Crippen molar-refractivity contribution in [3.8, 4) is 0 Å². The molecule has 1 saturated carbocycles. The molecule has 1 atom stereocenters. The number of hydrogen-bond donors (Lipinski definition) is 5. The molecule has 1 aliphatic heterocycles. The molecule has 7 N–H and O–H groups in total. The van der Waals surface area contributed by atoms with Gasteiger partial charge in [-0.1, -0.05) is 62.8 Å². The largest absolute Gasteiger partial charge is 0.384 e. The molecule has 0 bridgehead atoms. The van der Waals surface area contributed by atoms with Crippen molar-refractivity contribution in [1.82, 2.24) is 15.5 Å². The molecule has 1 saturated heterocycles. The monoisotopic (exact) mass is 430 g/mol. The van der Waals surface area contributed by atoms with Gasteiger partial charge in [-0.2, -0.15) is 0 Å². The number of nitrogens with zero attached hydrogens (tertiary/aromatic N) is 1. The lowest BCUT2D eigenvalue weighted by atomic mass is 10.0. The molecule has 0 spiro atoms. The van der Waals surface area contributed by atoms with Gasteiger partial charge in [-0.05, 0) is 12.0 Å². The van der Waals surface area contributed by atoms with E-state index in [4.69, 9.17) is 16.9 Å². The molecule has 0 radical (unpaired) electrons. The average molecular weight is 431 g/mol. The molecule has 170 valence electrons. The maximum absolute atomic E-state index is 12.2. The topological polar surface area (TPSA) is 154 Å². The molecule has 2 fully saturated rings. The number of carbonyl (C=O) groups is 3. The maximum Gasteiger partial charge on any atom is 0.243 e. The summed E-state index contributed by atoms with van der Waals surface area (Å²) in [6, 6.07) is 6.52. The van der Waals surface area contributed by atoms with E-state index in [1.165, 1.54) is 43.4 Å². The summed E-state index contributed by atoms with van der Waals surface area (Å²) in [4.78, 5) is 36.3. The molecule has 3 rings (SSSR count). The summed E-state index contributed by atoms with van der Waals surface area (Å²) in [5.74, 6) is -1.01. The summed E-state index contributed by atoms with van der Waals surface area (Å²) in [6.07, 6.45) is 9.61. The molecule has 2 aliphatic rings. The summed E-state index contributed by atoms with van der Waals surface area (Å²) in [5.41, 5.74) is 11.9. The first-order valence-corrected chi connectivity index (χ1v) is 10.9. The molecular weight excluding hydrogens is 396 g/mol. The minimum atomic E-state index is -0.540. The van der Waals surface area contributed by atoms with Crippen molar-refractivity contribution in [2.75, 3.05) is 19.6 Å². The fraction of sp³-hybridized carbons (Fsp3) is 0.545. The lowest BCUT2D eigenvalue weighted by Crippen LogP contribution is -2.59. The molecule has 9 nitrogen and oxygen atoms in total. The van der Waals surface area contributed by atoms with Gasteiger partial charge in [0.1, 0.15) is 11.9 Å². The van der Waals surface area contributed by atoms with Crippen LogP contribution in [-0.2, 0) is 20.9 Å². The molecule has 0 aromatic heterocycles. The van der Waals surface area contributed by atoms with E-state index >= 15 is 0 Å². The van der Waals surface area contributed by atoms with Crippen LogP contribution in [0.15, 0.2) is 24.3 Å². The third-order valence-corrected chi connectivity index (χ3v) is 5.45. The zero-order chi connectivity index (χ0) is 22.6. The van der Waals surface area contributed by atoms with E-state index in [1.807, 2.05) is 0 Å². The number of carbonyl (C=O) groups excluding carboxylic acids is 3. The van der Waals surface area contributed by atoms with E-state index in [0.717, 1.165) is 5.56 Å². The molecule has 1 aliphatic carbocycles. The van der Waals surface area contributed by atoms with Gasteiger partial charge in [0.05, 0.1) is 13.1 Å². The van der Waals surface area contributed by atoms with Crippen LogP contribution in [0.2, 0.25) is 0 Å². The van der Waals surface area contributed by atoms with Gasteiger partial charge in [0, 0.05) is 18.7 Å². The summed E-state index contributed by atoms with van der Waals surface area (Å²) >= 11 is 0. The highest BCUT2D eigenvalue weighted by Crippen LogP contribution is 2.17. The van der Waals surface area contributed by atoms with Crippen LogP contribution < -0.4 is 22.1 Å². The van der Waals surface area contributed by atoms with E-state index in [9.17, 15) is 14.4 Å². The average Bonchev–Trinajstić information content (AvgIpc) is 2.73. The summed E-state index contributed by atoms with van der Waals surface area (Å²) in [5, 5.41) is 12.8. The minimum Gasteiger partial charge on any atom is -0.384 e. The van der Waals surface area contributed by atoms with Crippen molar-refractivity contribution in [1.29, 1.82) is 5.41 Å². The zero-order valence-corrected chi connectivity index (χ0v) is 18.0. The van der Waals surface area contributed by atoms with Gasteiger partial charge >= 0.3 is 0 Å². The molecule has 31 heavy (non-hydrogen) atoms. The van der Waals surface area contributed by atoms with Crippen LogP contribution in [0.25, 0.3) is 0 Å². The minimum absolute atomic E-state index is 0.0100. The Morgan fingerprint density at radius 3 is 2.00 bits per heavy atom. The Morgan fingerprint density at radius 2 is 1.55 bits per heavy atom. The highest BCUT2D eigenvalue weighted by atomic mass is 16.2. The molecular formula is C22H34N6O3. The predicted octanol–water partition coefficient (Wildman–Crippen LogP) is 0.603. The van der Waals surface area contributed by atoms with Crippen molar-refractivity contribution in [3.63, 3.8) is 0 Å². The predicted molar refractivity (Wildman–Crippen MR) is 119 cm³/mol. The van der Waals surface area contributed by atoms with Crippen LogP contribution >= 0.6 is 0 Å². The normalized spacial score (nSPS) is 17.5. The number of amidine groups is 1. The second-order valence-electron chi connectivity index (χ2n) is 7.91. The lowest BCUT2D eigenvalue weighted by Gasteiger charge is -2.39. The smallest absolute Gasteiger partial charge is 0.243 e. The van der Waals surface area contributed by atoms with Gasteiger partial charge in [-0.15, -0.1) is 0 Å². The summed E-state index contributed by atoms with van der Waals surface area (Å²) < 4.78 is 0. The van der Waals surface area contributed by atoms with E-state index in [-0.39, 0.29) is 30.7 Å². The van der Waals surface area contributed by atoms with Crippen LogP contribution in [-0.4, -0.2) is 54.1 Å². The Morgan fingerprint density at radius 1 is 0.968 bits per heavy atom. The van der Waals surface area contributed by atoms with Gasteiger partial charge in [0.25, 0.3) is 0 Å². The Hall–Kier alpha value is -2.94. The molecule has 9 heteroatoms. The first kappa shape index (κ1) is 24.3. The van der Waals surface area contributed by atoms with E-state index < -0.39 is 11.9 Å². The van der Waals surface area contributed by atoms with Crippen molar-refractivity contribution in [2.45, 2.75) is 57.5 Å². The van der Waals surface area contributed by atoms with Crippen LogP contribution in [0.1, 0.15) is 56.1 Å². The SMILES string of the molecule is C1CCCCC1.N=C(N)c1ccc(CNC(=O)C2CCN2C(=O)CNCC(N)=O)cc1. The van der Waals surface area contributed by atoms with Gasteiger partial charge < -0.3 is 21.7 Å². The Balaban J connectivity index is 0.000000488. The number of hydrogen-bond acceptors (Lipinski definition) is 5. The van der Waals surface area contributed by atoms with Crippen LogP contribution in [0.3, 0.4) is 0 Å². The number of benzene rings is 1. The van der Waals surface area contributed by atoms with Crippen LogP contribution in [0.5, 0.6) is 0 Å². The van der Waals surface area contributed by atoms with Crippen molar-refractivity contribution < 1.29 is 14.4 Å². The third-order valence-electron chi connectivity index (χ3n) is 5.45. The standard InChI is InChI=1S/C16H22N6O3.C6H12/c17-13(23)8-20-9-14(24)22-6-5-12(22)16(25)21-7-10-1-3-11(4-2-10)15(18)19;1-2-4-6-5-3-1/h1-4,12,20H,5-9H2,(H2,17,23)(H3,18,19)(H,21,25);1-6H2. The fourth-order valence-electron chi connectivity index (χ4n) is 3.52. The summed E-state index contributed by atoms with van der Waals surface area (Å²) in [6.45, 7) is 0.740. The van der Waals surface area contributed by atoms with Crippen molar-refractivity contribution >= 4 is 23.6 Å². The van der Waals surface area contributed by atoms with Gasteiger partial charge in [0.15, 0.2) is 0 Å². The molecule has 1 unspecified atom stereocenters. The third kappa shape index (κ3) is 8.37. The number of nitrogens with one attached hydrogen (secondary N) is 3. The van der Waals surface area contributed by atoms with E-state index in [1.54, 1.807) is 24.3 Å². The van der Waals surface area contributed by atoms with Crippen LogP contribution in [0.4, 0.5) is 0 Å². The fourth-order valence-corrected chi connectivity index (χ4v) is 3.52. The van der Waals surface area contributed by atoms with Crippen molar-refractivity contribution in [3.05, 3.63) is 35.4 Å². The highest BCUT2D eigenvalue weighted by Gasteiger charge is 2.36. The Kier molecular flexibility index (Phi) is 9.96. The highest BCUT2D eigenvalue weighted by molar-refractivity contribution is 5.95. The van der Waals surface area contributed by atoms with Gasteiger partial charge in [-0.25, -0.2) is 0 Å². The Bertz CT molecular complexity index is 750. The maximum atomic E-state index is 12.2. The van der Waals surface area contributed by atoms with Gasteiger partial charge in [0.2, 0.25) is 17.7 Å². The first-order chi connectivity index (χ1) is 14.9. The number of nitrogens with two attached hydrogens (primary N) is 2. The number of rotatable bonds is 8. The van der Waals surface area contributed by atoms with E-state index in [2.05, 4.69) is 10.6 Å². The number of likely N-dealkylation sites (tertiary alicyclic amines) is 1. The number of primary amides is 1. The van der Waals surface area contributed by atoms with E-state index in [0.29, 0.717) is 25.1 Å². The molecule has 1 heterocycles. The summed E-state index contributed by atoms with van der Waals surface area (Å²) in [7, 11) is 0. The quantitative estimate of drug-likeness (QED) is 0.302. The molecule has 1 aromatic rings. The number of amides is 3. The van der Waals surface area contributed by atoms with Crippen molar-refractivity contribution in [2.24, 2.45) is 11.5 Å². The van der Waals surface area contributed by atoms with Crippen LogP contribution in [0, 0.1) is 5.41 Å². The second-order valence-corrected chi connectivity index (χ2v) is 7.91. The number of nitrogen functional groups attached to an aromatic ring is 1. The first-order valence-electron chi connectivity index (χ1n) is 10.9. The van der Waals surface area contributed by atoms with Gasteiger partial charge in [-0.3, -0.25) is 25.1 Å². The second kappa shape index (κ2) is 12.7.